The van der Waals surface area contributed by atoms with Crippen LogP contribution in [0.5, 0.6) is 11.5 Å². The Labute approximate surface area is 218 Å². The SMILES string of the molecule is CCOc1cc(/C=C(/C#N)C(=O)Nc2nc(S(C)(=O)=O)ns2)ccc1OC(=O)c1ccc(C(C)C)cc1. The summed E-state index contributed by atoms with van der Waals surface area (Å²) in [5.74, 6) is -0.581. The van der Waals surface area contributed by atoms with Crippen molar-refractivity contribution in [2.75, 3.05) is 18.2 Å². The molecule has 1 heterocycles. The fourth-order valence-electron chi connectivity index (χ4n) is 3.02. The molecule has 0 radical (unpaired) electrons. The van der Waals surface area contributed by atoms with E-state index in [1.165, 1.54) is 18.2 Å². The van der Waals surface area contributed by atoms with E-state index in [1.807, 2.05) is 12.1 Å². The van der Waals surface area contributed by atoms with Gasteiger partial charge in [0, 0.05) is 17.8 Å². The van der Waals surface area contributed by atoms with Crippen LogP contribution in [-0.2, 0) is 14.6 Å². The highest BCUT2D eigenvalue weighted by molar-refractivity contribution is 7.90. The summed E-state index contributed by atoms with van der Waals surface area (Å²) in [6.07, 6.45) is 2.26. The molecule has 0 fully saturated rings. The first-order valence-electron chi connectivity index (χ1n) is 11.1. The van der Waals surface area contributed by atoms with Gasteiger partial charge in [0.1, 0.15) is 11.6 Å². The van der Waals surface area contributed by atoms with E-state index in [0.29, 0.717) is 28.6 Å². The Kier molecular flexibility index (Phi) is 8.75. The van der Waals surface area contributed by atoms with Gasteiger partial charge in [0.2, 0.25) is 15.0 Å². The highest BCUT2D eigenvalue weighted by Gasteiger charge is 2.18. The summed E-state index contributed by atoms with van der Waals surface area (Å²) in [6, 6.07) is 13.5. The molecule has 3 rings (SSSR count). The monoisotopic (exact) mass is 540 g/mol. The number of carbonyl (C=O) groups is 2. The number of esters is 1. The molecular weight excluding hydrogens is 516 g/mol. The maximum absolute atomic E-state index is 12.7. The molecule has 1 aromatic heterocycles. The van der Waals surface area contributed by atoms with Gasteiger partial charge in [-0.15, -0.1) is 0 Å². The molecule has 0 bridgehead atoms. The van der Waals surface area contributed by atoms with Gasteiger partial charge in [0.15, 0.2) is 11.5 Å². The number of sulfone groups is 1. The third kappa shape index (κ3) is 7.22. The lowest BCUT2D eigenvalue weighted by Crippen LogP contribution is -2.13. The zero-order valence-electron chi connectivity index (χ0n) is 20.5. The molecule has 0 atom stereocenters. The van der Waals surface area contributed by atoms with Crippen LogP contribution in [0, 0.1) is 11.3 Å². The van der Waals surface area contributed by atoms with E-state index in [2.05, 4.69) is 28.5 Å². The zero-order valence-corrected chi connectivity index (χ0v) is 22.1. The average Bonchev–Trinajstić information content (AvgIpc) is 3.33. The molecule has 0 saturated carbocycles. The standard InChI is InChI=1S/C25H24N4O6S2/c1-5-34-21-13-16(6-11-20(21)35-23(31)18-9-7-17(8-10-18)15(2)3)12-19(14-26)22(30)27-24-28-25(29-36-24)37(4,32)33/h6-13,15H,5H2,1-4H3,(H,27,28,29,30)/b19-12-. The topological polar surface area (TPSA) is 148 Å². The smallest absolute Gasteiger partial charge is 0.343 e. The number of benzene rings is 2. The Morgan fingerprint density at radius 2 is 1.86 bits per heavy atom. The van der Waals surface area contributed by atoms with E-state index in [9.17, 15) is 23.3 Å². The van der Waals surface area contributed by atoms with Crippen LogP contribution in [0.2, 0.25) is 0 Å². The number of ether oxygens (including phenoxy) is 2. The fourth-order valence-corrected chi connectivity index (χ4v) is 4.46. The molecule has 0 spiro atoms. The number of amides is 1. The average molecular weight is 541 g/mol. The van der Waals surface area contributed by atoms with Gasteiger partial charge in [0.05, 0.1) is 12.2 Å². The minimum atomic E-state index is -3.63. The molecule has 12 heteroatoms. The van der Waals surface area contributed by atoms with E-state index in [0.717, 1.165) is 11.8 Å². The van der Waals surface area contributed by atoms with Crippen molar-refractivity contribution in [3.63, 3.8) is 0 Å². The lowest BCUT2D eigenvalue weighted by Gasteiger charge is -2.12. The molecule has 0 unspecified atom stereocenters. The lowest BCUT2D eigenvalue weighted by atomic mass is 10.0. The van der Waals surface area contributed by atoms with Crippen LogP contribution in [0.15, 0.2) is 53.2 Å². The van der Waals surface area contributed by atoms with E-state index < -0.39 is 26.9 Å². The van der Waals surface area contributed by atoms with Gasteiger partial charge >= 0.3 is 5.97 Å². The maximum Gasteiger partial charge on any atom is 0.343 e. The molecule has 1 N–H and O–H groups in total. The Bertz CT molecular complexity index is 1490. The van der Waals surface area contributed by atoms with Crippen molar-refractivity contribution < 1.29 is 27.5 Å². The van der Waals surface area contributed by atoms with Crippen molar-refractivity contribution in [3.8, 4) is 17.6 Å². The predicted octanol–water partition coefficient (Wildman–Crippen LogP) is 4.23. The van der Waals surface area contributed by atoms with Crippen molar-refractivity contribution >= 4 is 44.5 Å². The van der Waals surface area contributed by atoms with E-state index >= 15 is 0 Å². The van der Waals surface area contributed by atoms with Gasteiger partial charge in [0.25, 0.3) is 11.1 Å². The Hall–Kier alpha value is -4.08. The summed E-state index contributed by atoms with van der Waals surface area (Å²) in [5, 5.41) is 11.4. The number of anilines is 1. The minimum Gasteiger partial charge on any atom is -0.490 e. The number of hydrogen-bond acceptors (Lipinski definition) is 10. The summed E-state index contributed by atoms with van der Waals surface area (Å²) in [7, 11) is -3.63. The first-order chi connectivity index (χ1) is 17.5. The minimum absolute atomic E-state index is 0.0646. The molecule has 10 nitrogen and oxygen atoms in total. The molecule has 1 amide bonds. The van der Waals surface area contributed by atoms with Crippen LogP contribution >= 0.6 is 11.5 Å². The van der Waals surface area contributed by atoms with Crippen LogP contribution in [0.1, 0.15) is 48.2 Å². The van der Waals surface area contributed by atoms with Crippen molar-refractivity contribution in [2.45, 2.75) is 31.8 Å². The van der Waals surface area contributed by atoms with Crippen LogP contribution in [0.25, 0.3) is 6.08 Å². The summed E-state index contributed by atoms with van der Waals surface area (Å²) in [5.41, 5.74) is 1.65. The van der Waals surface area contributed by atoms with Crippen LogP contribution in [0.3, 0.4) is 0 Å². The highest BCUT2D eigenvalue weighted by Crippen LogP contribution is 2.30. The Morgan fingerprint density at radius 1 is 1.16 bits per heavy atom. The van der Waals surface area contributed by atoms with E-state index in [4.69, 9.17) is 9.47 Å². The van der Waals surface area contributed by atoms with Crippen molar-refractivity contribution in [3.05, 3.63) is 64.7 Å². The van der Waals surface area contributed by atoms with Crippen molar-refractivity contribution in [2.24, 2.45) is 0 Å². The number of carbonyl (C=O) groups excluding carboxylic acids is 2. The first kappa shape index (κ1) is 27.5. The fraction of sp³-hybridized carbons (Fsp3) is 0.240. The number of hydrogen-bond donors (Lipinski definition) is 1. The molecule has 0 saturated heterocycles. The molecule has 2 aromatic carbocycles. The van der Waals surface area contributed by atoms with E-state index in [1.54, 1.807) is 31.2 Å². The molecule has 37 heavy (non-hydrogen) atoms. The van der Waals surface area contributed by atoms with Crippen molar-refractivity contribution in [1.82, 2.24) is 9.36 Å². The summed E-state index contributed by atoms with van der Waals surface area (Å²) in [6.45, 7) is 6.17. The number of nitrogens with zero attached hydrogens (tertiary/aromatic N) is 3. The highest BCUT2D eigenvalue weighted by atomic mass is 32.2. The quantitative estimate of drug-likeness (QED) is 0.182. The second kappa shape index (κ2) is 11.8. The largest absolute Gasteiger partial charge is 0.490 e. The number of nitriles is 1. The number of aromatic nitrogens is 2. The number of rotatable bonds is 9. The van der Waals surface area contributed by atoms with Gasteiger partial charge in [-0.3, -0.25) is 10.1 Å². The Morgan fingerprint density at radius 3 is 2.43 bits per heavy atom. The molecule has 192 valence electrons. The Balaban J connectivity index is 1.80. The second-order valence-corrected chi connectivity index (χ2v) is 10.7. The van der Waals surface area contributed by atoms with Gasteiger partial charge in [-0.25, -0.2) is 13.2 Å². The van der Waals surface area contributed by atoms with Crippen LogP contribution in [0.4, 0.5) is 5.13 Å². The van der Waals surface area contributed by atoms with Gasteiger partial charge in [-0.1, -0.05) is 32.0 Å². The third-order valence-corrected chi connectivity index (χ3v) is 6.51. The second-order valence-electron chi connectivity index (χ2n) is 8.08. The molecule has 0 aliphatic heterocycles. The van der Waals surface area contributed by atoms with Gasteiger partial charge in [-0.05, 0) is 54.3 Å². The van der Waals surface area contributed by atoms with Gasteiger partial charge < -0.3 is 9.47 Å². The molecule has 3 aromatic rings. The number of nitrogens with one attached hydrogen (secondary N) is 1. The first-order valence-corrected chi connectivity index (χ1v) is 13.7. The predicted molar refractivity (Wildman–Crippen MR) is 138 cm³/mol. The van der Waals surface area contributed by atoms with Crippen LogP contribution < -0.4 is 14.8 Å². The third-order valence-electron chi connectivity index (χ3n) is 4.92. The van der Waals surface area contributed by atoms with Crippen LogP contribution in [-0.4, -0.2) is 42.5 Å². The van der Waals surface area contributed by atoms with Gasteiger partial charge in [-0.2, -0.15) is 14.6 Å². The summed E-state index contributed by atoms with van der Waals surface area (Å²) >= 11 is 0.678. The lowest BCUT2D eigenvalue weighted by molar-refractivity contribution is -0.112. The zero-order chi connectivity index (χ0) is 27.2. The molecular formula is C25H24N4O6S2. The van der Waals surface area contributed by atoms with Crippen molar-refractivity contribution in [1.29, 1.82) is 5.26 Å². The normalized spacial score (nSPS) is 11.6. The maximum atomic E-state index is 12.7. The summed E-state index contributed by atoms with van der Waals surface area (Å²) in [4.78, 5) is 28.9. The summed E-state index contributed by atoms with van der Waals surface area (Å²) < 4.78 is 37.9. The van der Waals surface area contributed by atoms with E-state index in [-0.39, 0.29) is 28.8 Å². The molecule has 0 aliphatic rings. The molecule has 0 aliphatic carbocycles.